The number of piperidine rings is 1. The van der Waals surface area contributed by atoms with Gasteiger partial charge in [-0.1, -0.05) is 13.8 Å². The van der Waals surface area contributed by atoms with Gasteiger partial charge in [0.2, 0.25) is 5.91 Å². The van der Waals surface area contributed by atoms with E-state index in [9.17, 15) is 4.79 Å². The Balaban J connectivity index is 1.66. The third-order valence-corrected chi connectivity index (χ3v) is 6.31. The Morgan fingerprint density at radius 1 is 1.25 bits per heavy atom. The molecule has 0 aromatic carbocycles. The average Bonchev–Trinajstić information content (AvgIpc) is 3.01. The predicted molar refractivity (Wildman–Crippen MR) is 112 cm³/mol. The van der Waals surface area contributed by atoms with Crippen molar-refractivity contribution in [3.8, 4) is 0 Å². The van der Waals surface area contributed by atoms with Gasteiger partial charge < -0.3 is 14.2 Å². The van der Waals surface area contributed by atoms with Crippen LogP contribution in [0.4, 0.5) is 0 Å². The Kier molecular flexibility index (Phi) is 6.94. The van der Waals surface area contributed by atoms with E-state index in [0.717, 1.165) is 51.4 Å². The second-order valence-corrected chi connectivity index (χ2v) is 9.02. The summed E-state index contributed by atoms with van der Waals surface area (Å²) in [5.74, 6) is 1.94. The number of nitrogens with one attached hydrogen (secondary N) is 1. The van der Waals surface area contributed by atoms with Crippen molar-refractivity contribution in [2.24, 2.45) is 5.92 Å². The van der Waals surface area contributed by atoms with E-state index in [2.05, 4.69) is 59.2 Å². The van der Waals surface area contributed by atoms with Crippen LogP contribution in [0, 0.1) is 10.7 Å². The van der Waals surface area contributed by atoms with E-state index in [-0.39, 0.29) is 30.1 Å². The Hall–Kier alpha value is -1.25. The van der Waals surface area contributed by atoms with E-state index < -0.39 is 0 Å². The lowest BCUT2D eigenvalue weighted by atomic mass is 9.93. The molecule has 1 aromatic rings. The van der Waals surface area contributed by atoms with E-state index in [1.54, 1.807) is 0 Å². The predicted octanol–water partition coefficient (Wildman–Crippen LogP) is 2.80. The quantitative estimate of drug-likeness (QED) is 0.758. The van der Waals surface area contributed by atoms with E-state index in [4.69, 9.17) is 17.0 Å². The molecular weight excluding hydrogens is 374 g/mol. The molecule has 2 fully saturated rings. The summed E-state index contributed by atoms with van der Waals surface area (Å²) < 4.78 is 8.63. The lowest BCUT2D eigenvalue weighted by molar-refractivity contribution is -0.146. The summed E-state index contributed by atoms with van der Waals surface area (Å²) in [4.78, 5) is 17.8. The summed E-state index contributed by atoms with van der Waals surface area (Å²) in [6, 6.07) is -0.0736. The van der Waals surface area contributed by atoms with Crippen molar-refractivity contribution in [2.45, 2.75) is 78.2 Å². The smallest absolute Gasteiger partial charge is 0.240 e. The summed E-state index contributed by atoms with van der Waals surface area (Å²) in [5, 5.41) is 7.37. The molecule has 0 spiro atoms. The van der Waals surface area contributed by atoms with Gasteiger partial charge in [-0.15, -0.1) is 0 Å². The van der Waals surface area contributed by atoms with Crippen molar-refractivity contribution >= 4 is 18.1 Å². The molecule has 0 radical (unpaired) electrons. The second kappa shape index (κ2) is 9.05. The number of ether oxygens (including phenoxy) is 1. The van der Waals surface area contributed by atoms with Crippen LogP contribution in [-0.2, 0) is 16.1 Å². The highest BCUT2D eigenvalue weighted by Gasteiger charge is 2.37. The molecule has 0 bridgehead atoms. The normalized spacial score (nSPS) is 26.0. The number of carbonyl (C=O) groups is 1. The van der Waals surface area contributed by atoms with Gasteiger partial charge in [0.1, 0.15) is 5.82 Å². The first-order valence-corrected chi connectivity index (χ1v) is 11.1. The maximum atomic E-state index is 13.4. The average molecular weight is 410 g/mol. The van der Waals surface area contributed by atoms with Crippen LogP contribution in [0.3, 0.4) is 0 Å². The monoisotopic (exact) mass is 409 g/mol. The van der Waals surface area contributed by atoms with Crippen molar-refractivity contribution in [1.82, 2.24) is 24.6 Å². The highest BCUT2D eigenvalue weighted by atomic mass is 32.1. The largest absolute Gasteiger partial charge is 0.373 e. The molecule has 7 nitrogen and oxygen atoms in total. The van der Waals surface area contributed by atoms with Gasteiger partial charge in [0.05, 0.1) is 18.2 Å². The Morgan fingerprint density at radius 3 is 2.39 bits per heavy atom. The number of likely N-dealkylation sites (tertiary alicyclic amines) is 1. The standard InChI is InChI=1S/C20H35N5O2S/c1-6-25-18(21-22-20(25)28)16-7-9-23(10-8-16)19(26)17(13(2)3)24-11-14(4)27-15(5)12-24/h13-17H,6-12H2,1-5H3,(H,22,28). The first-order chi connectivity index (χ1) is 13.3. The van der Waals surface area contributed by atoms with Crippen LogP contribution in [0.25, 0.3) is 0 Å². The summed E-state index contributed by atoms with van der Waals surface area (Å²) >= 11 is 5.32. The number of H-pyrrole nitrogens is 1. The van der Waals surface area contributed by atoms with Crippen LogP contribution in [-0.4, -0.2) is 74.9 Å². The highest BCUT2D eigenvalue weighted by Crippen LogP contribution is 2.29. The van der Waals surface area contributed by atoms with Crippen molar-refractivity contribution in [3.05, 3.63) is 10.6 Å². The fourth-order valence-electron chi connectivity index (χ4n) is 4.80. The summed E-state index contributed by atoms with van der Waals surface area (Å²) in [7, 11) is 0. The molecule has 3 rings (SSSR count). The third-order valence-electron chi connectivity index (χ3n) is 6.00. The van der Waals surface area contributed by atoms with Crippen LogP contribution >= 0.6 is 12.2 Å². The number of amides is 1. The first kappa shape index (κ1) is 21.5. The SMILES string of the molecule is CCn1c(C2CCN(C(=O)C(C(C)C)N3CC(C)OC(C)C3)CC2)n[nH]c1=S. The van der Waals surface area contributed by atoms with E-state index >= 15 is 0 Å². The van der Waals surface area contributed by atoms with Crippen LogP contribution < -0.4 is 0 Å². The zero-order valence-electron chi connectivity index (χ0n) is 17.9. The highest BCUT2D eigenvalue weighted by molar-refractivity contribution is 7.71. The van der Waals surface area contributed by atoms with Crippen molar-refractivity contribution < 1.29 is 9.53 Å². The fraction of sp³-hybridized carbons (Fsp3) is 0.850. The van der Waals surface area contributed by atoms with E-state index in [1.807, 2.05) is 0 Å². The molecule has 0 aliphatic carbocycles. The molecule has 3 heterocycles. The Morgan fingerprint density at radius 2 is 1.86 bits per heavy atom. The van der Waals surface area contributed by atoms with Gasteiger partial charge in [-0.05, 0) is 51.7 Å². The van der Waals surface area contributed by atoms with Gasteiger partial charge in [-0.25, -0.2) is 0 Å². The second-order valence-electron chi connectivity index (χ2n) is 8.63. The molecule has 2 aliphatic heterocycles. The first-order valence-electron chi connectivity index (χ1n) is 10.6. The molecule has 8 heteroatoms. The molecule has 28 heavy (non-hydrogen) atoms. The molecule has 0 saturated carbocycles. The van der Waals surface area contributed by atoms with Crippen LogP contribution in [0.5, 0.6) is 0 Å². The number of morpholine rings is 1. The molecule has 3 unspecified atom stereocenters. The van der Waals surface area contributed by atoms with Gasteiger partial charge in [-0.2, -0.15) is 5.10 Å². The minimum Gasteiger partial charge on any atom is -0.373 e. The molecule has 2 aliphatic rings. The van der Waals surface area contributed by atoms with Crippen LogP contribution in [0.2, 0.25) is 0 Å². The minimum atomic E-state index is -0.0736. The van der Waals surface area contributed by atoms with Gasteiger partial charge in [-0.3, -0.25) is 14.8 Å². The maximum Gasteiger partial charge on any atom is 0.240 e. The number of carbonyl (C=O) groups excluding carboxylic acids is 1. The summed E-state index contributed by atoms with van der Waals surface area (Å²) in [6.45, 7) is 14.6. The number of hydrogen-bond acceptors (Lipinski definition) is 5. The maximum absolute atomic E-state index is 13.4. The number of hydrogen-bond donors (Lipinski definition) is 1. The van der Waals surface area contributed by atoms with Gasteiger partial charge in [0.15, 0.2) is 4.77 Å². The lowest BCUT2D eigenvalue weighted by Gasteiger charge is -2.43. The molecular formula is C20H35N5O2S. The number of aromatic amines is 1. The topological polar surface area (TPSA) is 66.4 Å². The number of aromatic nitrogens is 3. The number of nitrogens with zero attached hydrogens (tertiary/aromatic N) is 4. The summed E-state index contributed by atoms with van der Waals surface area (Å²) in [5.41, 5.74) is 0. The minimum absolute atomic E-state index is 0.0736. The molecule has 2 saturated heterocycles. The Labute approximate surface area is 173 Å². The molecule has 158 valence electrons. The third kappa shape index (κ3) is 4.49. The zero-order chi connectivity index (χ0) is 20.4. The van der Waals surface area contributed by atoms with E-state index in [0.29, 0.717) is 10.7 Å². The fourth-order valence-corrected chi connectivity index (χ4v) is 5.07. The van der Waals surface area contributed by atoms with Crippen molar-refractivity contribution in [3.63, 3.8) is 0 Å². The lowest BCUT2D eigenvalue weighted by Crippen LogP contribution is -2.58. The molecule has 3 atom stereocenters. The van der Waals surface area contributed by atoms with Crippen molar-refractivity contribution in [2.75, 3.05) is 26.2 Å². The van der Waals surface area contributed by atoms with Gasteiger partial charge in [0.25, 0.3) is 0 Å². The molecule has 1 amide bonds. The van der Waals surface area contributed by atoms with Crippen LogP contribution in [0.1, 0.15) is 59.2 Å². The molecule has 1 aromatic heterocycles. The Bertz CT molecular complexity index is 712. The van der Waals surface area contributed by atoms with Crippen molar-refractivity contribution in [1.29, 1.82) is 0 Å². The van der Waals surface area contributed by atoms with E-state index in [1.165, 1.54) is 0 Å². The van der Waals surface area contributed by atoms with Gasteiger partial charge in [0, 0.05) is 38.6 Å². The van der Waals surface area contributed by atoms with Gasteiger partial charge >= 0.3 is 0 Å². The molecule has 1 N–H and O–H groups in total. The van der Waals surface area contributed by atoms with Crippen LogP contribution in [0.15, 0.2) is 0 Å². The summed E-state index contributed by atoms with van der Waals surface area (Å²) in [6.07, 6.45) is 2.21. The number of rotatable bonds is 5. The zero-order valence-corrected chi connectivity index (χ0v) is 18.7.